The van der Waals surface area contributed by atoms with E-state index in [1.54, 1.807) is 12.3 Å². The number of allylic oxidation sites excluding steroid dienone is 1. The van der Waals surface area contributed by atoms with Crippen LogP contribution in [0.2, 0.25) is 0 Å². The number of amidine groups is 1. The summed E-state index contributed by atoms with van der Waals surface area (Å²) in [6.45, 7) is 5.65. The van der Waals surface area contributed by atoms with Gasteiger partial charge < -0.3 is 4.90 Å². The monoisotopic (exact) mass is 321 g/mol. The van der Waals surface area contributed by atoms with Crippen LogP contribution in [-0.4, -0.2) is 59.2 Å². The number of rotatable bonds is 2. The van der Waals surface area contributed by atoms with Gasteiger partial charge in [-0.05, 0) is 24.8 Å². The molecule has 3 heterocycles. The molecule has 0 aromatic carbocycles. The first kappa shape index (κ1) is 15.7. The van der Waals surface area contributed by atoms with Crippen LogP contribution in [0.25, 0.3) is 6.08 Å². The molecule has 0 amide bonds. The van der Waals surface area contributed by atoms with Gasteiger partial charge >= 0.3 is 0 Å². The molecule has 1 aromatic heterocycles. The fourth-order valence-electron chi connectivity index (χ4n) is 2.40. The van der Waals surface area contributed by atoms with Crippen molar-refractivity contribution in [2.24, 2.45) is 10.1 Å². The second kappa shape index (κ2) is 6.16. The van der Waals surface area contributed by atoms with Gasteiger partial charge in [-0.2, -0.15) is 0 Å². The second-order valence-corrected chi connectivity index (χ2v) is 5.68. The molecule has 122 valence electrons. The Labute approximate surface area is 141 Å². The minimum absolute atomic E-state index is 0.0274. The number of hydrogen-bond donors (Lipinski definition) is 0. The highest BCUT2D eigenvalue weighted by atomic mass is 15.6. The molecule has 0 fully saturated rings. The van der Waals surface area contributed by atoms with Crippen LogP contribution in [0, 0.1) is 11.8 Å². The van der Waals surface area contributed by atoms with E-state index in [-0.39, 0.29) is 6.17 Å². The van der Waals surface area contributed by atoms with Crippen molar-refractivity contribution in [1.29, 1.82) is 0 Å². The van der Waals surface area contributed by atoms with Crippen LogP contribution < -0.4 is 4.90 Å². The van der Waals surface area contributed by atoms with Crippen LogP contribution in [-0.2, 0) is 0 Å². The zero-order valence-corrected chi connectivity index (χ0v) is 14.2. The third-order valence-corrected chi connectivity index (χ3v) is 3.65. The van der Waals surface area contributed by atoms with E-state index in [1.165, 1.54) is 0 Å². The van der Waals surface area contributed by atoms with Crippen molar-refractivity contribution < 1.29 is 0 Å². The molecule has 0 N–H and O–H groups in total. The van der Waals surface area contributed by atoms with Crippen molar-refractivity contribution in [2.75, 3.05) is 26.0 Å². The standard InChI is InChI=1S/C17H19N7/c1-6-15-19-9-14(22(3)4)13(20-15)7-8-16-21-23(5)17-10-18-12(2)11-24(16)17/h6,9-11,17H,1H2,2-5H3. The lowest BCUT2D eigenvalue weighted by atomic mass is 10.3. The van der Waals surface area contributed by atoms with Gasteiger partial charge in [-0.1, -0.05) is 6.58 Å². The average Bonchev–Trinajstić information content (AvgIpc) is 2.87. The van der Waals surface area contributed by atoms with E-state index in [0.717, 1.165) is 11.4 Å². The predicted octanol–water partition coefficient (Wildman–Crippen LogP) is 1.37. The Morgan fingerprint density at radius 1 is 1.33 bits per heavy atom. The number of aliphatic imine (C=N–C) groups is 1. The first-order chi connectivity index (χ1) is 11.5. The molecule has 3 rings (SSSR count). The highest BCUT2D eigenvalue weighted by molar-refractivity contribution is 6.02. The summed E-state index contributed by atoms with van der Waals surface area (Å²) in [6.07, 6.45) is 7.13. The van der Waals surface area contributed by atoms with E-state index < -0.39 is 0 Å². The third-order valence-electron chi connectivity index (χ3n) is 3.65. The summed E-state index contributed by atoms with van der Waals surface area (Å²) in [6, 6.07) is 0. The molecular weight excluding hydrogens is 302 g/mol. The molecule has 1 unspecified atom stereocenters. The van der Waals surface area contributed by atoms with Crippen molar-refractivity contribution >= 4 is 23.8 Å². The number of anilines is 1. The molecule has 0 radical (unpaired) electrons. The normalized spacial score (nSPS) is 18.4. The van der Waals surface area contributed by atoms with E-state index in [2.05, 4.69) is 38.5 Å². The van der Waals surface area contributed by atoms with Crippen LogP contribution in [0.3, 0.4) is 0 Å². The van der Waals surface area contributed by atoms with Gasteiger partial charge in [0.1, 0.15) is 5.69 Å². The average molecular weight is 321 g/mol. The summed E-state index contributed by atoms with van der Waals surface area (Å²) < 4.78 is 0. The molecule has 0 aliphatic carbocycles. The fourth-order valence-corrected chi connectivity index (χ4v) is 2.40. The molecule has 7 heteroatoms. The van der Waals surface area contributed by atoms with E-state index in [0.29, 0.717) is 17.4 Å². The number of nitrogens with zero attached hydrogens (tertiary/aromatic N) is 7. The maximum absolute atomic E-state index is 4.49. The Morgan fingerprint density at radius 2 is 2.12 bits per heavy atom. The molecule has 24 heavy (non-hydrogen) atoms. The molecular formula is C17H19N7. The van der Waals surface area contributed by atoms with Gasteiger partial charge in [0.25, 0.3) is 0 Å². The van der Waals surface area contributed by atoms with Crippen molar-refractivity contribution in [2.45, 2.75) is 13.1 Å². The summed E-state index contributed by atoms with van der Waals surface area (Å²) in [5.41, 5.74) is 2.41. The summed E-state index contributed by atoms with van der Waals surface area (Å²) in [5.74, 6) is 7.45. The highest BCUT2D eigenvalue weighted by Crippen LogP contribution is 2.20. The lowest BCUT2D eigenvalue weighted by Crippen LogP contribution is -2.40. The van der Waals surface area contributed by atoms with Crippen LogP contribution in [0.5, 0.6) is 0 Å². The minimum atomic E-state index is -0.0274. The molecule has 0 bridgehead atoms. The number of fused-ring (bicyclic) bond motifs is 1. The second-order valence-electron chi connectivity index (χ2n) is 5.68. The Hall–Kier alpha value is -3.14. The lowest BCUT2D eigenvalue weighted by Gasteiger charge is -2.25. The van der Waals surface area contributed by atoms with Crippen molar-refractivity contribution in [3.63, 3.8) is 0 Å². The number of aromatic nitrogens is 2. The summed E-state index contributed by atoms with van der Waals surface area (Å²) in [4.78, 5) is 16.9. The molecule has 7 nitrogen and oxygen atoms in total. The zero-order valence-electron chi connectivity index (χ0n) is 14.2. The molecule has 0 saturated heterocycles. The van der Waals surface area contributed by atoms with Crippen molar-refractivity contribution in [3.05, 3.63) is 36.2 Å². The van der Waals surface area contributed by atoms with Gasteiger partial charge in [0, 0.05) is 33.6 Å². The fraction of sp³-hybridized carbons (Fsp3) is 0.294. The predicted molar refractivity (Wildman–Crippen MR) is 96.4 cm³/mol. The maximum atomic E-state index is 4.49. The highest BCUT2D eigenvalue weighted by Gasteiger charge is 2.30. The zero-order chi connectivity index (χ0) is 17.3. The summed E-state index contributed by atoms with van der Waals surface area (Å²) in [7, 11) is 5.77. The van der Waals surface area contributed by atoms with Gasteiger partial charge in [-0.15, -0.1) is 5.10 Å². The lowest BCUT2D eigenvalue weighted by molar-refractivity contribution is 0.262. The number of hydrazone groups is 1. The van der Waals surface area contributed by atoms with E-state index in [1.807, 2.05) is 55.3 Å². The van der Waals surface area contributed by atoms with E-state index in [4.69, 9.17) is 0 Å². The van der Waals surface area contributed by atoms with Crippen molar-refractivity contribution in [1.82, 2.24) is 19.9 Å². The van der Waals surface area contributed by atoms with Crippen molar-refractivity contribution in [3.8, 4) is 11.8 Å². The molecule has 1 aromatic rings. The van der Waals surface area contributed by atoms with E-state index >= 15 is 0 Å². The molecule has 1 atom stereocenters. The first-order valence-electron chi connectivity index (χ1n) is 7.51. The quantitative estimate of drug-likeness (QED) is 0.770. The van der Waals surface area contributed by atoms with Crippen LogP contribution in [0.15, 0.2) is 34.8 Å². The SMILES string of the molecule is C=Cc1ncc(N(C)C)c(C#CC2=NN(C)C3C=NC(C)=CN23)n1. The first-order valence-corrected chi connectivity index (χ1v) is 7.51. The van der Waals surface area contributed by atoms with Crippen LogP contribution in [0.4, 0.5) is 5.69 Å². The molecule has 0 spiro atoms. The molecule has 2 aliphatic heterocycles. The van der Waals surface area contributed by atoms with Gasteiger partial charge in [0.05, 0.1) is 17.6 Å². The molecule has 2 aliphatic rings. The third kappa shape index (κ3) is 2.86. The summed E-state index contributed by atoms with van der Waals surface area (Å²) >= 11 is 0. The Bertz CT molecular complexity index is 823. The van der Waals surface area contributed by atoms with Gasteiger partial charge in [0.15, 0.2) is 12.0 Å². The summed E-state index contributed by atoms with van der Waals surface area (Å²) in [5, 5.41) is 6.32. The largest absolute Gasteiger partial charge is 0.374 e. The van der Waals surface area contributed by atoms with Gasteiger partial charge in [-0.25, -0.2) is 9.97 Å². The van der Waals surface area contributed by atoms with Crippen LogP contribution >= 0.6 is 0 Å². The number of hydrogen-bond acceptors (Lipinski definition) is 7. The van der Waals surface area contributed by atoms with Crippen LogP contribution in [0.1, 0.15) is 18.4 Å². The molecule has 0 saturated carbocycles. The van der Waals surface area contributed by atoms with Gasteiger partial charge in [-0.3, -0.25) is 14.9 Å². The Morgan fingerprint density at radius 3 is 2.83 bits per heavy atom. The smallest absolute Gasteiger partial charge is 0.206 e. The maximum Gasteiger partial charge on any atom is 0.206 e. The Balaban J connectivity index is 1.97. The minimum Gasteiger partial charge on any atom is -0.374 e. The van der Waals surface area contributed by atoms with Gasteiger partial charge in [0.2, 0.25) is 5.84 Å². The van der Waals surface area contributed by atoms with E-state index in [9.17, 15) is 0 Å². The topological polar surface area (TPSA) is 60.2 Å². The Kier molecular flexibility index (Phi) is 4.04.